The van der Waals surface area contributed by atoms with Crippen molar-refractivity contribution in [2.24, 2.45) is 0 Å². The molecule has 0 radical (unpaired) electrons. The van der Waals surface area contributed by atoms with Gasteiger partial charge >= 0.3 is 0 Å². The average Bonchev–Trinajstić information content (AvgIpc) is 3.12. The fourth-order valence-electron chi connectivity index (χ4n) is 3.65. The number of thiazole rings is 1. The molecule has 0 atom stereocenters. The van der Waals surface area contributed by atoms with Crippen molar-refractivity contribution in [1.29, 1.82) is 0 Å². The van der Waals surface area contributed by atoms with Crippen molar-refractivity contribution in [3.8, 4) is 0 Å². The molecule has 0 saturated carbocycles. The zero-order chi connectivity index (χ0) is 16.6. The van der Waals surface area contributed by atoms with Crippen LogP contribution in [0, 0.1) is 0 Å². The number of benzene rings is 2. The summed E-state index contributed by atoms with van der Waals surface area (Å²) < 4.78 is 1.29. The van der Waals surface area contributed by atoms with Gasteiger partial charge in [0.2, 0.25) is 0 Å². The van der Waals surface area contributed by atoms with Crippen LogP contribution in [0.15, 0.2) is 54.9 Å². The number of piperidine rings is 1. The van der Waals surface area contributed by atoms with Gasteiger partial charge in [-0.15, -0.1) is 11.3 Å². The Kier molecular flexibility index (Phi) is 3.59. The summed E-state index contributed by atoms with van der Waals surface area (Å²) >= 11 is 1.85. The van der Waals surface area contributed by atoms with Crippen LogP contribution in [0.4, 0.5) is 5.82 Å². The largest absolute Gasteiger partial charge is 0.356 e. The predicted molar refractivity (Wildman–Crippen MR) is 103 cm³/mol. The molecule has 2 aromatic heterocycles. The summed E-state index contributed by atoms with van der Waals surface area (Å²) in [7, 11) is 0. The van der Waals surface area contributed by atoms with E-state index >= 15 is 0 Å². The first-order valence-corrected chi connectivity index (χ1v) is 9.50. The summed E-state index contributed by atoms with van der Waals surface area (Å²) in [5, 5.41) is 2.43. The number of rotatable bonds is 2. The van der Waals surface area contributed by atoms with E-state index in [9.17, 15) is 0 Å². The Bertz CT molecular complexity index is 996. The third-order valence-corrected chi connectivity index (χ3v) is 6.17. The molecule has 4 nitrogen and oxygen atoms in total. The number of fused-ring (bicyclic) bond motifs is 2. The quantitative estimate of drug-likeness (QED) is 0.531. The third-order valence-electron chi connectivity index (χ3n) is 4.98. The number of hydrogen-bond acceptors (Lipinski definition) is 5. The second-order valence-electron chi connectivity index (χ2n) is 6.50. The summed E-state index contributed by atoms with van der Waals surface area (Å²) in [5.41, 5.74) is 2.15. The van der Waals surface area contributed by atoms with Gasteiger partial charge in [0.15, 0.2) is 0 Å². The van der Waals surface area contributed by atoms with Gasteiger partial charge in [-0.05, 0) is 37.1 Å². The molecule has 5 rings (SSSR count). The molecule has 0 N–H and O–H groups in total. The Labute approximate surface area is 150 Å². The SMILES string of the molecule is c1ccc2sc(C3CCN(c4ncnc5ccccc45)CC3)nc2c1. The Hall–Kier alpha value is -2.53. The average molecular weight is 346 g/mol. The van der Waals surface area contributed by atoms with Crippen LogP contribution in [0.3, 0.4) is 0 Å². The van der Waals surface area contributed by atoms with E-state index in [1.165, 1.54) is 9.71 Å². The maximum atomic E-state index is 4.86. The Balaban J connectivity index is 1.38. The molecule has 3 heterocycles. The van der Waals surface area contributed by atoms with Crippen molar-refractivity contribution in [2.75, 3.05) is 18.0 Å². The summed E-state index contributed by atoms with van der Waals surface area (Å²) in [4.78, 5) is 16.2. The lowest BCUT2D eigenvalue weighted by atomic mass is 9.97. The molecule has 0 unspecified atom stereocenters. The Morgan fingerprint density at radius 3 is 2.48 bits per heavy atom. The van der Waals surface area contributed by atoms with Crippen LogP contribution in [0.5, 0.6) is 0 Å². The molecule has 0 amide bonds. The topological polar surface area (TPSA) is 41.9 Å². The van der Waals surface area contributed by atoms with Crippen molar-refractivity contribution >= 4 is 38.3 Å². The van der Waals surface area contributed by atoms with Crippen molar-refractivity contribution in [3.63, 3.8) is 0 Å². The van der Waals surface area contributed by atoms with Gasteiger partial charge in [0.05, 0.1) is 20.7 Å². The molecule has 5 heteroatoms. The molecule has 1 aliphatic heterocycles. The molecular weight excluding hydrogens is 328 g/mol. The summed E-state index contributed by atoms with van der Waals surface area (Å²) in [6, 6.07) is 16.7. The molecule has 1 saturated heterocycles. The van der Waals surface area contributed by atoms with E-state index in [2.05, 4.69) is 51.3 Å². The first-order valence-electron chi connectivity index (χ1n) is 8.69. The molecule has 1 fully saturated rings. The van der Waals surface area contributed by atoms with E-state index in [4.69, 9.17) is 4.98 Å². The molecular formula is C20H18N4S. The van der Waals surface area contributed by atoms with Gasteiger partial charge in [0, 0.05) is 24.4 Å². The zero-order valence-electron chi connectivity index (χ0n) is 13.8. The lowest BCUT2D eigenvalue weighted by molar-refractivity contribution is 0.502. The van der Waals surface area contributed by atoms with Crippen LogP contribution in [0.1, 0.15) is 23.8 Å². The molecule has 0 aliphatic carbocycles. The maximum absolute atomic E-state index is 4.86. The summed E-state index contributed by atoms with van der Waals surface area (Å²) in [6.07, 6.45) is 3.92. The normalized spacial score (nSPS) is 15.9. The third kappa shape index (κ3) is 2.65. The van der Waals surface area contributed by atoms with E-state index in [1.54, 1.807) is 6.33 Å². The first-order chi connectivity index (χ1) is 12.4. The van der Waals surface area contributed by atoms with Crippen LogP contribution in [0.25, 0.3) is 21.1 Å². The van der Waals surface area contributed by atoms with Crippen LogP contribution >= 0.6 is 11.3 Å². The van der Waals surface area contributed by atoms with E-state index in [-0.39, 0.29) is 0 Å². The van der Waals surface area contributed by atoms with Crippen LogP contribution in [-0.2, 0) is 0 Å². The monoisotopic (exact) mass is 346 g/mol. The standard InChI is InChI=1S/C20H18N4S/c1-2-6-16-15(5-1)19(22-13-21-16)24-11-9-14(10-12-24)20-23-17-7-3-4-8-18(17)25-20/h1-8,13-14H,9-12H2. The van der Waals surface area contributed by atoms with Crippen LogP contribution < -0.4 is 4.90 Å². The fraction of sp³-hybridized carbons (Fsp3) is 0.250. The summed E-state index contributed by atoms with van der Waals surface area (Å²) in [5.74, 6) is 1.62. The van der Waals surface area contributed by atoms with Gasteiger partial charge in [-0.2, -0.15) is 0 Å². The van der Waals surface area contributed by atoms with Crippen molar-refractivity contribution in [1.82, 2.24) is 15.0 Å². The van der Waals surface area contributed by atoms with Gasteiger partial charge in [0.25, 0.3) is 0 Å². The highest BCUT2D eigenvalue weighted by Gasteiger charge is 2.24. The molecule has 0 spiro atoms. The molecule has 2 aromatic carbocycles. The fourth-order valence-corrected chi connectivity index (χ4v) is 4.78. The van der Waals surface area contributed by atoms with Crippen molar-refractivity contribution in [3.05, 3.63) is 59.9 Å². The lowest BCUT2D eigenvalue weighted by Crippen LogP contribution is -2.33. The number of aromatic nitrogens is 3. The minimum atomic E-state index is 0.557. The molecule has 0 bridgehead atoms. The highest BCUT2D eigenvalue weighted by atomic mass is 32.1. The van der Waals surface area contributed by atoms with Crippen molar-refractivity contribution < 1.29 is 0 Å². The number of nitrogens with zero attached hydrogens (tertiary/aromatic N) is 4. The Morgan fingerprint density at radius 1 is 0.880 bits per heavy atom. The number of para-hydroxylation sites is 2. The first kappa shape index (κ1) is 14.8. The molecule has 1 aliphatic rings. The second kappa shape index (κ2) is 6.08. The van der Waals surface area contributed by atoms with E-state index in [0.717, 1.165) is 48.2 Å². The summed E-state index contributed by atoms with van der Waals surface area (Å²) in [6.45, 7) is 2.03. The lowest BCUT2D eigenvalue weighted by Gasteiger charge is -2.32. The smallest absolute Gasteiger partial charge is 0.139 e. The van der Waals surface area contributed by atoms with Gasteiger partial charge in [-0.25, -0.2) is 15.0 Å². The minimum absolute atomic E-state index is 0.557. The van der Waals surface area contributed by atoms with Crippen LogP contribution in [0.2, 0.25) is 0 Å². The van der Waals surface area contributed by atoms with Crippen LogP contribution in [-0.4, -0.2) is 28.0 Å². The van der Waals surface area contributed by atoms with Gasteiger partial charge in [0.1, 0.15) is 12.1 Å². The number of hydrogen-bond donors (Lipinski definition) is 0. The van der Waals surface area contributed by atoms with Gasteiger partial charge in [-0.3, -0.25) is 0 Å². The zero-order valence-corrected chi connectivity index (χ0v) is 14.6. The Morgan fingerprint density at radius 2 is 1.64 bits per heavy atom. The highest BCUT2D eigenvalue weighted by molar-refractivity contribution is 7.18. The molecule has 4 aromatic rings. The van der Waals surface area contributed by atoms with E-state index in [1.807, 2.05) is 23.5 Å². The maximum Gasteiger partial charge on any atom is 0.139 e. The second-order valence-corrected chi connectivity index (χ2v) is 7.56. The highest BCUT2D eigenvalue weighted by Crippen LogP contribution is 2.35. The van der Waals surface area contributed by atoms with Gasteiger partial charge in [-0.1, -0.05) is 24.3 Å². The predicted octanol–water partition coefficient (Wildman–Crippen LogP) is 4.62. The van der Waals surface area contributed by atoms with Gasteiger partial charge < -0.3 is 4.90 Å². The number of anilines is 1. The van der Waals surface area contributed by atoms with E-state index in [0.29, 0.717) is 5.92 Å². The van der Waals surface area contributed by atoms with Crippen molar-refractivity contribution in [2.45, 2.75) is 18.8 Å². The molecule has 124 valence electrons. The van der Waals surface area contributed by atoms with E-state index < -0.39 is 0 Å². The molecule has 25 heavy (non-hydrogen) atoms. The minimum Gasteiger partial charge on any atom is -0.356 e.